The van der Waals surface area contributed by atoms with Crippen molar-refractivity contribution in [2.24, 2.45) is 5.92 Å². The van der Waals surface area contributed by atoms with Gasteiger partial charge < -0.3 is 5.11 Å². The molecule has 1 saturated carbocycles. The second-order valence-corrected chi connectivity index (χ2v) is 5.84. The summed E-state index contributed by atoms with van der Waals surface area (Å²) in [5.74, 6) is 1.51. The number of hydrogen-bond acceptors (Lipinski definition) is 2. The average molecular weight is 260 g/mol. The first-order valence-corrected chi connectivity index (χ1v) is 7.45. The summed E-state index contributed by atoms with van der Waals surface area (Å²) >= 11 is 0. The maximum Gasteiger partial charge on any atom is 0.163 e. The molecule has 0 atom stereocenters. The van der Waals surface area contributed by atoms with Gasteiger partial charge in [-0.1, -0.05) is 25.8 Å². The molecule has 0 amide bonds. The van der Waals surface area contributed by atoms with Gasteiger partial charge in [0.2, 0.25) is 0 Å². The zero-order valence-corrected chi connectivity index (χ0v) is 12.0. The molecule has 0 bridgehead atoms. The van der Waals surface area contributed by atoms with Gasteiger partial charge in [-0.05, 0) is 62.1 Å². The highest BCUT2D eigenvalue weighted by Crippen LogP contribution is 2.38. The highest BCUT2D eigenvalue weighted by molar-refractivity contribution is 5.96. The number of hydrogen-bond donors (Lipinski definition) is 1. The second-order valence-electron chi connectivity index (χ2n) is 5.84. The van der Waals surface area contributed by atoms with E-state index in [9.17, 15) is 9.90 Å². The zero-order chi connectivity index (χ0) is 13.8. The Morgan fingerprint density at radius 2 is 1.95 bits per heavy atom. The van der Waals surface area contributed by atoms with Crippen LogP contribution in [0.1, 0.15) is 74.2 Å². The van der Waals surface area contributed by atoms with Crippen molar-refractivity contribution in [2.75, 3.05) is 0 Å². The minimum Gasteiger partial charge on any atom is -0.507 e. The predicted molar refractivity (Wildman–Crippen MR) is 77.7 cm³/mol. The molecule has 1 aliphatic rings. The molecular weight excluding hydrogens is 236 g/mol. The van der Waals surface area contributed by atoms with Crippen LogP contribution in [0.2, 0.25) is 0 Å². The molecule has 0 aliphatic heterocycles. The van der Waals surface area contributed by atoms with Crippen molar-refractivity contribution in [3.8, 4) is 5.75 Å². The number of phenolic OH excluding ortho intramolecular Hbond substituents is 1. The first kappa shape index (κ1) is 14.1. The van der Waals surface area contributed by atoms with E-state index in [1.165, 1.54) is 51.0 Å². The lowest BCUT2D eigenvalue weighted by molar-refractivity contribution is 0.101. The highest BCUT2D eigenvalue weighted by Gasteiger charge is 2.22. The molecule has 19 heavy (non-hydrogen) atoms. The Labute approximate surface area is 115 Å². The standard InChI is InChI=1S/C17H24O2/c1-3-4-13-5-7-14(8-6-13)15-9-10-17(19)16(11-15)12(2)18/h9-11,13-14,19H,3-8H2,1-2H3. The number of rotatable bonds is 4. The van der Waals surface area contributed by atoms with Gasteiger partial charge in [0.25, 0.3) is 0 Å². The minimum atomic E-state index is -0.0565. The molecule has 1 aromatic rings. The number of Topliss-reactive ketones (excluding diaryl/α,β-unsaturated/α-hetero) is 1. The van der Waals surface area contributed by atoms with Crippen LogP contribution in [-0.2, 0) is 0 Å². The van der Waals surface area contributed by atoms with Gasteiger partial charge in [0.15, 0.2) is 5.78 Å². The van der Waals surface area contributed by atoms with Crippen LogP contribution in [0.5, 0.6) is 5.75 Å². The fourth-order valence-corrected chi connectivity index (χ4v) is 3.28. The quantitative estimate of drug-likeness (QED) is 0.799. The molecule has 1 aliphatic carbocycles. The predicted octanol–water partition coefficient (Wildman–Crippen LogP) is 4.67. The summed E-state index contributed by atoms with van der Waals surface area (Å²) in [5, 5.41) is 9.69. The van der Waals surface area contributed by atoms with Gasteiger partial charge in [0.1, 0.15) is 5.75 Å². The van der Waals surface area contributed by atoms with Crippen molar-refractivity contribution < 1.29 is 9.90 Å². The zero-order valence-electron chi connectivity index (χ0n) is 12.0. The monoisotopic (exact) mass is 260 g/mol. The lowest BCUT2D eigenvalue weighted by Gasteiger charge is -2.28. The van der Waals surface area contributed by atoms with Gasteiger partial charge >= 0.3 is 0 Å². The topological polar surface area (TPSA) is 37.3 Å². The molecule has 1 aromatic carbocycles. The normalized spacial score (nSPS) is 23.3. The molecule has 0 aromatic heterocycles. The van der Waals surface area contributed by atoms with Crippen LogP contribution >= 0.6 is 0 Å². The van der Waals surface area contributed by atoms with Crippen molar-refractivity contribution in [1.82, 2.24) is 0 Å². The van der Waals surface area contributed by atoms with E-state index in [0.29, 0.717) is 11.5 Å². The Balaban J connectivity index is 2.07. The summed E-state index contributed by atoms with van der Waals surface area (Å²) in [6, 6.07) is 5.54. The fourth-order valence-electron chi connectivity index (χ4n) is 3.28. The summed E-state index contributed by atoms with van der Waals surface area (Å²) < 4.78 is 0. The summed E-state index contributed by atoms with van der Waals surface area (Å²) in [5.41, 5.74) is 1.69. The van der Waals surface area contributed by atoms with Crippen molar-refractivity contribution in [2.45, 2.75) is 58.3 Å². The molecule has 104 valence electrons. The third-order valence-electron chi connectivity index (χ3n) is 4.41. The Hall–Kier alpha value is -1.31. The molecule has 0 spiro atoms. The third kappa shape index (κ3) is 3.37. The number of ketones is 1. The summed E-state index contributed by atoms with van der Waals surface area (Å²) in [6.45, 7) is 3.77. The van der Waals surface area contributed by atoms with E-state index in [1.807, 2.05) is 12.1 Å². The van der Waals surface area contributed by atoms with E-state index < -0.39 is 0 Å². The summed E-state index contributed by atoms with van der Waals surface area (Å²) in [6.07, 6.45) is 7.66. The molecular formula is C17H24O2. The van der Waals surface area contributed by atoms with E-state index in [2.05, 4.69) is 6.92 Å². The molecule has 2 rings (SSSR count). The van der Waals surface area contributed by atoms with Crippen molar-refractivity contribution in [1.29, 1.82) is 0 Å². The van der Waals surface area contributed by atoms with Crippen LogP contribution in [0, 0.1) is 5.92 Å². The van der Waals surface area contributed by atoms with Crippen LogP contribution < -0.4 is 0 Å². The average Bonchev–Trinajstić information content (AvgIpc) is 2.40. The second kappa shape index (κ2) is 6.23. The van der Waals surface area contributed by atoms with Gasteiger partial charge in [-0.15, -0.1) is 0 Å². The van der Waals surface area contributed by atoms with E-state index in [0.717, 1.165) is 5.92 Å². The first-order valence-electron chi connectivity index (χ1n) is 7.45. The van der Waals surface area contributed by atoms with Gasteiger partial charge in [-0.2, -0.15) is 0 Å². The summed E-state index contributed by atoms with van der Waals surface area (Å²) in [7, 11) is 0. The molecule has 1 N–H and O–H groups in total. The smallest absolute Gasteiger partial charge is 0.163 e. The largest absolute Gasteiger partial charge is 0.507 e. The van der Waals surface area contributed by atoms with Gasteiger partial charge in [0.05, 0.1) is 5.56 Å². The van der Waals surface area contributed by atoms with Crippen molar-refractivity contribution in [3.63, 3.8) is 0 Å². The number of benzene rings is 1. The Kier molecular flexibility index (Phi) is 4.62. The van der Waals surface area contributed by atoms with E-state index in [-0.39, 0.29) is 11.5 Å². The van der Waals surface area contributed by atoms with Crippen molar-refractivity contribution >= 4 is 5.78 Å². The molecule has 0 radical (unpaired) electrons. The molecule has 2 nitrogen and oxygen atoms in total. The number of carbonyl (C=O) groups is 1. The lowest BCUT2D eigenvalue weighted by atomic mass is 9.77. The minimum absolute atomic E-state index is 0.0565. The van der Waals surface area contributed by atoms with Gasteiger partial charge in [-0.25, -0.2) is 0 Å². The molecule has 0 saturated heterocycles. The molecule has 2 heteroatoms. The van der Waals surface area contributed by atoms with Crippen molar-refractivity contribution in [3.05, 3.63) is 29.3 Å². The lowest BCUT2D eigenvalue weighted by Crippen LogP contribution is -2.13. The van der Waals surface area contributed by atoms with E-state index in [1.54, 1.807) is 6.07 Å². The molecule has 0 heterocycles. The van der Waals surface area contributed by atoms with Crippen LogP contribution in [0.15, 0.2) is 18.2 Å². The fraction of sp³-hybridized carbons (Fsp3) is 0.588. The Morgan fingerprint density at radius 3 is 2.53 bits per heavy atom. The number of phenols is 1. The molecule has 0 unspecified atom stereocenters. The summed E-state index contributed by atoms with van der Waals surface area (Å²) in [4.78, 5) is 11.5. The van der Waals surface area contributed by atoms with E-state index >= 15 is 0 Å². The van der Waals surface area contributed by atoms with Crippen LogP contribution in [0.3, 0.4) is 0 Å². The number of carbonyl (C=O) groups excluding carboxylic acids is 1. The van der Waals surface area contributed by atoms with Crippen LogP contribution in [0.4, 0.5) is 0 Å². The maximum atomic E-state index is 11.5. The van der Waals surface area contributed by atoms with E-state index in [4.69, 9.17) is 0 Å². The van der Waals surface area contributed by atoms with Crippen LogP contribution in [0.25, 0.3) is 0 Å². The Bertz CT molecular complexity index is 443. The highest BCUT2D eigenvalue weighted by atomic mass is 16.3. The van der Waals surface area contributed by atoms with Crippen LogP contribution in [-0.4, -0.2) is 10.9 Å². The third-order valence-corrected chi connectivity index (χ3v) is 4.41. The maximum absolute atomic E-state index is 11.5. The first-order chi connectivity index (χ1) is 9.11. The van der Waals surface area contributed by atoms with Gasteiger partial charge in [-0.3, -0.25) is 4.79 Å². The Morgan fingerprint density at radius 1 is 1.26 bits per heavy atom. The molecule has 1 fully saturated rings. The van der Waals surface area contributed by atoms with Gasteiger partial charge in [0, 0.05) is 0 Å². The number of aromatic hydroxyl groups is 1. The SMILES string of the molecule is CCCC1CCC(c2ccc(O)c(C(C)=O)c2)CC1.